The maximum atomic E-state index is 14.0. The number of aromatic nitrogens is 2. The van der Waals surface area contributed by atoms with Gasteiger partial charge in [0.1, 0.15) is 17.2 Å². The van der Waals surface area contributed by atoms with Crippen LogP contribution in [0.25, 0.3) is 27.7 Å². The molecule has 3 aromatic rings. The summed E-state index contributed by atoms with van der Waals surface area (Å²) in [5.74, 6) is -0.530. The van der Waals surface area contributed by atoms with Crippen LogP contribution in [0.3, 0.4) is 0 Å². The lowest BCUT2D eigenvalue weighted by atomic mass is 9.88. The first-order valence-corrected chi connectivity index (χ1v) is 10.5. The number of H-pyrrole nitrogens is 1. The van der Waals surface area contributed by atoms with Gasteiger partial charge in [0.05, 0.1) is 32.3 Å². The minimum absolute atomic E-state index is 0.0886. The third kappa shape index (κ3) is 3.55. The Bertz CT molecular complexity index is 1220. The summed E-state index contributed by atoms with van der Waals surface area (Å²) in [6.07, 6.45) is 4.71. The number of nitrogens with zero attached hydrogens (tertiary/aromatic N) is 2. The average molecular weight is 437 g/mol. The first-order chi connectivity index (χ1) is 15.5. The summed E-state index contributed by atoms with van der Waals surface area (Å²) in [5.41, 5.74) is 3.96. The molecule has 0 bridgehead atoms. The number of pyridine rings is 1. The van der Waals surface area contributed by atoms with Crippen LogP contribution in [0.15, 0.2) is 42.6 Å². The minimum Gasteiger partial charge on any atom is -0.496 e. The van der Waals surface area contributed by atoms with Crippen LogP contribution in [0.5, 0.6) is 5.75 Å². The van der Waals surface area contributed by atoms with Crippen LogP contribution in [-0.2, 0) is 9.53 Å². The third-order valence-corrected chi connectivity index (χ3v) is 6.43. The van der Waals surface area contributed by atoms with Crippen LogP contribution in [0.4, 0.5) is 4.39 Å². The Morgan fingerprint density at radius 3 is 2.81 bits per heavy atom. The summed E-state index contributed by atoms with van der Waals surface area (Å²) in [7, 11) is 1.57. The summed E-state index contributed by atoms with van der Waals surface area (Å²) in [6, 6.07) is 8.39. The Balaban J connectivity index is 1.46. The molecule has 0 saturated carbocycles. The van der Waals surface area contributed by atoms with Gasteiger partial charge in [-0.1, -0.05) is 6.08 Å². The SMILES string of the molecule is COc1ccc(F)cc1-c1ccnc2[nH]c(C3=CCN(C4(CC(=O)O)COC4)CC3)cc12. The van der Waals surface area contributed by atoms with Crippen molar-refractivity contribution < 1.29 is 23.8 Å². The van der Waals surface area contributed by atoms with E-state index in [0.717, 1.165) is 40.8 Å². The maximum absolute atomic E-state index is 14.0. The highest BCUT2D eigenvalue weighted by Crippen LogP contribution is 2.37. The van der Waals surface area contributed by atoms with Crippen molar-refractivity contribution in [1.29, 1.82) is 0 Å². The van der Waals surface area contributed by atoms with Gasteiger partial charge in [0.2, 0.25) is 0 Å². The van der Waals surface area contributed by atoms with Crippen molar-refractivity contribution in [3.05, 3.63) is 54.1 Å². The van der Waals surface area contributed by atoms with E-state index in [1.165, 1.54) is 12.1 Å². The molecule has 0 amide bonds. The molecule has 1 aromatic carbocycles. The summed E-state index contributed by atoms with van der Waals surface area (Å²) >= 11 is 0. The fourth-order valence-electron chi connectivity index (χ4n) is 4.69. The van der Waals surface area contributed by atoms with Gasteiger partial charge in [-0.2, -0.15) is 0 Å². The molecule has 1 saturated heterocycles. The van der Waals surface area contributed by atoms with Crippen molar-refractivity contribution in [3.8, 4) is 16.9 Å². The van der Waals surface area contributed by atoms with E-state index in [1.807, 2.05) is 12.1 Å². The number of fused-ring (bicyclic) bond motifs is 1. The maximum Gasteiger partial charge on any atom is 0.305 e. The smallest absolute Gasteiger partial charge is 0.305 e. The topological polar surface area (TPSA) is 87.7 Å². The van der Waals surface area contributed by atoms with Gasteiger partial charge in [0, 0.05) is 35.9 Å². The predicted octanol–water partition coefficient (Wildman–Crippen LogP) is 3.71. The molecule has 2 aliphatic heterocycles. The van der Waals surface area contributed by atoms with Crippen LogP contribution >= 0.6 is 0 Å². The van der Waals surface area contributed by atoms with Crippen molar-refractivity contribution >= 4 is 22.6 Å². The molecule has 2 aromatic heterocycles. The van der Waals surface area contributed by atoms with Crippen LogP contribution in [0, 0.1) is 5.82 Å². The highest BCUT2D eigenvalue weighted by atomic mass is 19.1. The number of nitrogens with one attached hydrogen (secondary N) is 1. The molecule has 0 aliphatic carbocycles. The molecule has 0 atom stereocenters. The van der Waals surface area contributed by atoms with E-state index in [4.69, 9.17) is 9.47 Å². The summed E-state index contributed by atoms with van der Waals surface area (Å²) in [4.78, 5) is 21.4. The second-order valence-electron chi connectivity index (χ2n) is 8.36. The quantitative estimate of drug-likeness (QED) is 0.611. The zero-order valence-corrected chi connectivity index (χ0v) is 17.7. The van der Waals surface area contributed by atoms with E-state index in [2.05, 4.69) is 20.9 Å². The lowest BCUT2D eigenvalue weighted by Crippen LogP contribution is -2.63. The number of carbonyl (C=O) groups is 1. The van der Waals surface area contributed by atoms with E-state index in [9.17, 15) is 14.3 Å². The van der Waals surface area contributed by atoms with Gasteiger partial charge < -0.3 is 19.6 Å². The number of benzene rings is 1. The second kappa shape index (κ2) is 8.03. The fraction of sp³-hybridized carbons (Fsp3) is 0.333. The number of hydrogen-bond donors (Lipinski definition) is 2. The summed E-state index contributed by atoms with van der Waals surface area (Å²) < 4.78 is 24.8. The Hall–Kier alpha value is -3.23. The van der Waals surface area contributed by atoms with Crippen LogP contribution in [0.2, 0.25) is 0 Å². The first kappa shape index (κ1) is 20.7. The fourth-order valence-corrected chi connectivity index (χ4v) is 4.69. The van der Waals surface area contributed by atoms with Crippen molar-refractivity contribution in [1.82, 2.24) is 14.9 Å². The molecule has 5 rings (SSSR count). The molecule has 8 heteroatoms. The standard InChI is InChI=1S/C24H24FN3O4/c1-31-21-3-2-16(25)10-18(21)17-4-7-26-23-19(17)11-20(27-23)15-5-8-28(9-6-15)24(12-22(29)30)13-32-14-24/h2-5,7,10-11H,6,8-9,12-14H2,1H3,(H,26,27)(H,29,30). The molecule has 0 unspecified atom stereocenters. The van der Waals surface area contributed by atoms with Gasteiger partial charge in [0.15, 0.2) is 0 Å². The summed E-state index contributed by atoms with van der Waals surface area (Å²) in [5, 5.41) is 10.2. The largest absolute Gasteiger partial charge is 0.496 e. The molecule has 0 radical (unpaired) electrons. The number of hydrogen-bond acceptors (Lipinski definition) is 5. The van der Waals surface area contributed by atoms with E-state index in [-0.39, 0.29) is 12.2 Å². The number of aliphatic carboxylic acids is 1. The molecule has 166 valence electrons. The normalized spacial score (nSPS) is 18.2. The molecular formula is C24H24FN3O4. The minimum atomic E-state index is -0.801. The Kier molecular flexibility index (Phi) is 5.19. The molecule has 1 fully saturated rings. The zero-order chi connectivity index (χ0) is 22.3. The first-order valence-electron chi connectivity index (χ1n) is 10.5. The van der Waals surface area contributed by atoms with Crippen LogP contribution < -0.4 is 4.74 Å². The Morgan fingerprint density at radius 2 is 2.16 bits per heavy atom. The number of ether oxygens (including phenoxy) is 2. The Labute approximate surface area is 184 Å². The highest BCUT2D eigenvalue weighted by molar-refractivity contribution is 5.96. The third-order valence-electron chi connectivity index (χ3n) is 6.43. The second-order valence-corrected chi connectivity index (χ2v) is 8.36. The molecule has 7 nitrogen and oxygen atoms in total. The van der Waals surface area contributed by atoms with Gasteiger partial charge in [-0.25, -0.2) is 9.37 Å². The van der Waals surface area contributed by atoms with Crippen molar-refractivity contribution in [3.63, 3.8) is 0 Å². The van der Waals surface area contributed by atoms with E-state index in [0.29, 0.717) is 31.1 Å². The van der Waals surface area contributed by atoms with E-state index >= 15 is 0 Å². The highest BCUT2D eigenvalue weighted by Gasteiger charge is 2.46. The van der Waals surface area contributed by atoms with Crippen molar-refractivity contribution in [2.75, 3.05) is 33.4 Å². The van der Waals surface area contributed by atoms with Crippen molar-refractivity contribution in [2.24, 2.45) is 0 Å². The molecule has 0 spiro atoms. The predicted molar refractivity (Wildman–Crippen MR) is 118 cm³/mol. The number of carboxylic acids is 1. The number of aromatic amines is 1. The van der Waals surface area contributed by atoms with Gasteiger partial charge >= 0.3 is 5.97 Å². The number of rotatable bonds is 6. The van der Waals surface area contributed by atoms with Crippen LogP contribution in [0.1, 0.15) is 18.5 Å². The van der Waals surface area contributed by atoms with E-state index < -0.39 is 11.5 Å². The number of halogens is 1. The van der Waals surface area contributed by atoms with Gasteiger partial charge in [-0.05, 0) is 47.9 Å². The number of carboxylic acid groups (broad SMARTS) is 1. The van der Waals surface area contributed by atoms with Crippen molar-refractivity contribution in [2.45, 2.75) is 18.4 Å². The van der Waals surface area contributed by atoms with Crippen LogP contribution in [-0.4, -0.2) is 64.9 Å². The monoisotopic (exact) mass is 437 g/mol. The lowest BCUT2D eigenvalue weighted by Gasteiger charge is -2.49. The van der Waals surface area contributed by atoms with Gasteiger partial charge in [-0.3, -0.25) is 9.69 Å². The van der Waals surface area contributed by atoms with Gasteiger partial charge in [-0.15, -0.1) is 0 Å². The molecule has 32 heavy (non-hydrogen) atoms. The Morgan fingerprint density at radius 1 is 1.31 bits per heavy atom. The molecule has 4 heterocycles. The van der Waals surface area contributed by atoms with E-state index in [1.54, 1.807) is 19.4 Å². The molecular weight excluding hydrogens is 413 g/mol. The average Bonchev–Trinajstić information content (AvgIpc) is 3.21. The molecule has 2 N–H and O–H groups in total. The molecule has 2 aliphatic rings. The summed E-state index contributed by atoms with van der Waals surface area (Å²) in [6.45, 7) is 2.34. The van der Waals surface area contributed by atoms with Gasteiger partial charge in [0.25, 0.3) is 0 Å². The number of methoxy groups -OCH3 is 1. The zero-order valence-electron chi connectivity index (χ0n) is 17.7. The lowest BCUT2D eigenvalue weighted by molar-refractivity contribution is -0.164.